The molecule has 16 heavy (non-hydrogen) atoms. The zero-order valence-electron chi connectivity index (χ0n) is 8.69. The van der Waals surface area contributed by atoms with E-state index in [2.05, 4.69) is 30.9 Å². The summed E-state index contributed by atoms with van der Waals surface area (Å²) in [6, 6.07) is -0.152. The van der Waals surface area contributed by atoms with E-state index in [9.17, 15) is 9.59 Å². The summed E-state index contributed by atoms with van der Waals surface area (Å²) in [5.74, 6) is 0. The maximum Gasteiger partial charge on any atom is 0.318 e. The number of nitrogens with zero attached hydrogens (tertiary/aromatic N) is 3. The van der Waals surface area contributed by atoms with Crippen LogP contribution in [0.2, 0.25) is 0 Å². The molecule has 0 amide bonds. The number of hydrogen-bond donors (Lipinski definition) is 1. The fourth-order valence-corrected chi connectivity index (χ4v) is 1.73. The van der Waals surface area contributed by atoms with Crippen molar-refractivity contribution in [3.8, 4) is 0 Å². The van der Waals surface area contributed by atoms with Crippen LogP contribution in [0.25, 0.3) is 11.3 Å². The molecule has 0 aliphatic heterocycles. The highest BCUT2D eigenvalue weighted by Crippen LogP contribution is 2.11. The standard InChI is InChI=1S/C9H9BrN4O2/c1-4(2)14-7-6(11-3-5(10)12-7)13-8(15)9(14)16/h3-4H,1-2H3,(H,11,13,15). The summed E-state index contributed by atoms with van der Waals surface area (Å²) in [5, 5.41) is 0. The summed E-state index contributed by atoms with van der Waals surface area (Å²) in [4.78, 5) is 33.6. The molecule has 0 saturated heterocycles. The van der Waals surface area contributed by atoms with Gasteiger partial charge in [-0.2, -0.15) is 0 Å². The molecule has 2 aromatic heterocycles. The zero-order valence-corrected chi connectivity index (χ0v) is 10.3. The van der Waals surface area contributed by atoms with Crippen molar-refractivity contribution in [3.63, 3.8) is 0 Å². The number of fused-ring (bicyclic) bond motifs is 1. The maximum absolute atomic E-state index is 11.7. The lowest BCUT2D eigenvalue weighted by molar-refractivity contribution is 0.586. The molecule has 2 aromatic rings. The molecule has 0 spiro atoms. The quantitative estimate of drug-likeness (QED) is 0.787. The van der Waals surface area contributed by atoms with Crippen LogP contribution < -0.4 is 11.1 Å². The summed E-state index contributed by atoms with van der Waals surface area (Å²) >= 11 is 3.18. The minimum absolute atomic E-state index is 0.152. The van der Waals surface area contributed by atoms with Gasteiger partial charge in [-0.15, -0.1) is 0 Å². The molecule has 0 bridgehead atoms. The van der Waals surface area contributed by atoms with Crippen LogP contribution in [-0.4, -0.2) is 19.5 Å². The predicted octanol–water partition coefficient (Wildman–Crippen LogP) is 0.823. The van der Waals surface area contributed by atoms with Crippen LogP contribution in [0, 0.1) is 0 Å². The van der Waals surface area contributed by atoms with Crippen molar-refractivity contribution in [1.82, 2.24) is 19.5 Å². The molecule has 0 atom stereocenters. The van der Waals surface area contributed by atoms with Gasteiger partial charge in [-0.1, -0.05) is 0 Å². The molecule has 7 heteroatoms. The first-order valence-corrected chi connectivity index (χ1v) is 5.47. The van der Waals surface area contributed by atoms with E-state index >= 15 is 0 Å². The van der Waals surface area contributed by atoms with Crippen molar-refractivity contribution in [2.75, 3.05) is 0 Å². The Hall–Kier alpha value is -1.50. The molecular weight excluding hydrogens is 276 g/mol. The maximum atomic E-state index is 11.7. The Balaban J connectivity index is 3.03. The lowest BCUT2D eigenvalue weighted by Gasteiger charge is -2.11. The van der Waals surface area contributed by atoms with E-state index in [0.717, 1.165) is 0 Å². The number of hydrogen-bond acceptors (Lipinski definition) is 4. The Bertz CT molecular complexity index is 659. The van der Waals surface area contributed by atoms with Crippen LogP contribution >= 0.6 is 15.9 Å². The lowest BCUT2D eigenvalue weighted by atomic mass is 10.4. The second-order valence-electron chi connectivity index (χ2n) is 3.59. The topological polar surface area (TPSA) is 80.6 Å². The van der Waals surface area contributed by atoms with Gasteiger partial charge < -0.3 is 0 Å². The first-order valence-electron chi connectivity index (χ1n) is 4.68. The third-order valence-corrected chi connectivity index (χ3v) is 2.50. The third kappa shape index (κ3) is 1.67. The van der Waals surface area contributed by atoms with Crippen LogP contribution in [-0.2, 0) is 0 Å². The Morgan fingerprint density at radius 2 is 2.12 bits per heavy atom. The molecule has 0 aliphatic carbocycles. The molecular formula is C9H9BrN4O2. The Morgan fingerprint density at radius 3 is 2.75 bits per heavy atom. The summed E-state index contributed by atoms with van der Waals surface area (Å²) in [6.45, 7) is 3.62. The second kappa shape index (κ2) is 3.82. The van der Waals surface area contributed by atoms with Gasteiger partial charge in [0.05, 0.1) is 6.20 Å². The molecule has 0 saturated carbocycles. The van der Waals surface area contributed by atoms with Crippen molar-refractivity contribution < 1.29 is 0 Å². The molecule has 0 unspecified atom stereocenters. The summed E-state index contributed by atoms with van der Waals surface area (Å²) in [5.41, 5.74) is -0.622. The summed E-state index contributed by atoms with van der Waals surface area (Å²) in [7, 11) is 0. The van der Waals surface area contributed by atoms with Gasteiger partial charge in [-0.3, -0.25) is 19.1 Å². The Morgan fingerprint density at radius 1 is 1.44 bits per heavy atom. The Kier molecular flexibility index (Phi) is 2.63. The van der Waals surface area contributed by atoms with Crippen LogP contribution in [0.1, 0.15) is 19.9 Å². The van der Waals surface area contributed by atoms with Gasteiger partial charge in [-0.25, -0.2) is 9.97 Å². The summed E-state index contributed by atoms with van der Waals surface area (Å²) < 4.78 is 1.84. The fraction of sp³-hybridized carbons (Fsp3) is 0.333. The minimum atomic E-state index is -0.683. The van der Waals surface area contributed by atoms with Gasteiger partial charge in [0.15, 0.2) is 11.3 Å². The highest BCUT2D eigenvalue weighted by molar-refractivity contribution is 9.10. The summed E-state index contributed by atoms with van der Waals surface area (Å²) in [6.07, 6.45) is 1.47. The van der Waals surface area contributed by atoms with Gasteiger partial charge in [0, 0.05) is 6.04 Å². The Labute approximate surface area is 98.5 Å². The first kappa shape index (κ1) is 11.0. The van der Waals surface area contributed by atoms with E-state index < -0.39 is 11.1 Å². The van der Waals surface area contributed by atoms with E-state index in [0.29, 0.717) is 15.9 Å². The normalized spacial score (nSPS) is 11.2. The van der Waals surface area contributed by atoms with E-state index in [1.807, 2.05) is 13.8 Å². The van der Waals surface area contributed by atoms with E-state index in [-0.39, 0.29) is 6.04 Å². The number of aromatic amines is 1. The molecule has 0 radical (unpaired) electrons. The minimum Gasteiger partial charge on any atom is -0.299 e. The number of H-pyrrole nitrogens is 1. The number of aromatic nitrogens is 4. The molecule has 0 aliphatic rings. The monoisotopic (exact) mass is 284 g/mol. The van der Waals surface area contributed by atoms with E-state index in [4.69, 9.17) is 0 Å². The number of halogens is 1. The number of rotatable bonds is 1. The smallest absolute Gasteiger partial charge is 0.299 e. The highest BCUT2D eigenvalue weighted by atomic mass is 79.9. The van der Waals surface area contributed by atoms with E-state index in [1.165, 1.54) is 10.8 Å². The fourth-order valence-electron chi connectivity index (χ4n) is 1.46. The second-order valence-corrected chi connectivity index (χ2v) is 4.40. The van der Waals surface area contributed by atoms with Crippen molar-refractivity contribution in [1.29, 1.82) is 0 Å². The molecule has 84 valence electrons. The average Bonchev–Trinajstić information content (AvgIpc) is 2.20. The first-order chi connectivity index (χ1) is 7.50. The van der Waals surface area contributed by atoms with Crippen LogP contribution in [0.15, 0.2) is 20.4 Å². The van der Waals surface area contributed by atoms with Crippen LogP contribution in [0.3, 0.4) is 0 Å². The third-order valence-electron chi connectivity index (χ3n) is 2.11. The van der Waals surface area contributed by atoms with Gasteiger partial charge >= 0.3 is 11.1 Å². The lowest BCUT2D eigenvalue weighted by Crippen LogP contribution is -2.37. The van der Waals surface area contributed by atoms with Gasteiger partial charge in [0.1, 0.15) is 4.60 Å². The SMILES string of the molecule is CC(C)n1c(=O)c(=O)[nH]c2ncc(Br)nc21. The van der Waals surface area contributed by atoms with Crippen LogP contribution in [0.5, 0.6) is 0 Å². The predicted molar refractivity (Wildman–Crippen MR) is 62.5 cm³/mol. The van der Waals surface area contributed by atoms with Crippen molar-refractivity contribution in [2.24, 2.45) is 0 Å². The molecule has 2 rings (SSSR count). The van der Waals surface area contributed by atoms with Crippen LogP contribution in [0.4, 0.5) is 0 Å². The molecule has 0 aromatic carbocycles. The molecule has 0 fully saturated rings. The van der Waals surface area contributed by atoms with E-state index in [1.54, 1.807) is 0 Å². The largest absolute Gasteiger partial charge is 0.318 e. The molecule has 1 N–H and O–H groups in total. The van der Waals surface area contributed by atoms with Gasteiger partial charge in [0.25, 0.3) is 0 Å². The zero-order chi connectivity index (χ0) is 11.9. The average molecular weight is 285 g/mol. The molecule has 2 heterocycles. The van der Waals surface area contributed by atoms with Gasteiger partial charge in [-0.05, 0) is 29.8 Å². The van der Waals surface area contributed by atoms with Crippen molar-refractivity contribution >= 4 is 27.2 Å². The van der Waals surface area contributed by atoms with Crippen molar-refractivity contribution in [2.45, 2.75) is 19.9 Å². The number of nitrogens with one attached hydrogen (secondary N) is 1. The van der Waals surface area contributed by atoms with Gasteiger partial charge in [0.2, 0.25) is 0 Å². The highest BCUT2D eigenvalue weighted by Gasteiger charge is 2.12. The molecule has 6 nitrogen and oxygen atoms in total. The van der Waals surface area contributed by atoms with Crippen molar-refractivity contribution in [3.05, 3.63) is 31.5 Å².